The average Bonchev–Trinajstić information content (AvgIpc) is 2.83. The highest BCUT2D eigenvalue weighted by Crippen LogP contribution is 2.31. The van der Waals surface area contributed by atoms with Crippen molar-refractivity contribution in [1.82, 2.24) is 14.9 Å². The molecule has 1 unspecified atom stereocenters. The van der Waals surface area contributed by atoms with E-state index in [-0.39, 0.29) is 0 Å². The van der Waals surface area contributed by atoms with Gasteiger partial charge in [-0.3, -0.25) is 0 Å². The van der Waals surface area contributed by atoms with Crippen molar-refractivity contribution in [2.24, 2.45) is 5.84 Å². The van der Waals surface area contributed by atoms with Crippen LogP contribution >= 0.6 is 0 Å². The fourth-order valence-electron chi connectivity index (χ4n) is 2.54. The monoisotopic (exact) mass is 266 g/mol. The smallest absolute Gasteiger partial charge is 0.205 e. The minimum absolute atomic E-state index is 0.499. The summed E-state index contributed by atoms with van der Waals surface area (Å²) >= 11 is 0. The summed E-state index contributed by atoms with van der Waals surface area (Å²) in [6, 6.07) is 0.555. The van der Waals surface area contributed by atoms with Crippen molar-refractivity contribution < 1.29 is 4.74 Å². The summed E-state index contributed by atoms with van der Waals surface area (Å²) in [6.45, 7) is 2.07. The van der Waals surface area contributed by atoms with Gasteiger partial charge in [-0.15, -0.1) is 0 Å². The number of nitrogens with one attached hydrogen (secondary N) is 1. The second-order valence-electron chi connectivity index (χ2n) is 4.88. The highest BCUT2D eigenvalue weighted by Gasteiger charge is 2.24. The van der Waals surface area contributed by atoms with Gasteiger partial charge in [0.15, 0.2) is 11.6 Å². The van der Waals surface area contributed by atoms with E-state index in [9.17, 15) is 0 Å². The summed E-state index contributed by atoms with van der Waals surface area (Å²) in [5.74, 6) is 7.27. The Balaban J connectivity index is 2.16. The number of aromatic nitrogens is 2. The van der Waals surface area contributed by atoms with Crippen molar-refractivity contribution in [2.45, 2.75) is 18.9 Å². The van der Waals surface area contributed by atoms with Gasteiger partial charge in [0, 0.05) is 19.6 Å². The summed E-state index contributed by atoms with van der Waals surface area (Å²) in [5.41, 5.74) is 2.53. The molecule has 0 amide bonds. The molecule has 0 radical (unpaired) electrons. The Labute approximate surface area is 113 Å². The molecular weight excluding hydrogens is 244 g/mol. The molecule has 1 aromatic rings. The molecule has 7 heteroatoms. The maximum absolute atomic E-state index is 5.43. The van der Waals surface area contributed by atoms with E-state index in [0.29, 0.717) is 17.6 Å². The zero-order valence-electron chi connectivity index (χ0n) is 11.8. The summed E-state index contributed by atoms with van der Waals surface area (Å²) in [6.07, 6.45) is 3.96. The lowest BCUT2D eigenvalue weighted by Gasteiger charge is -2.27. The SMILES string of the molecule is COc1c(NN)ncnc1N(C)CC1CCCN1C. The van der Waals surface area contributed by atoms with Crippen LogP contribution in [-0.4, -0.2) is 55.2 Å². The van der Waals surface area contributed by atoms with Gasteiger partial charge in [0.25, 0.3) is 0 Å². The van der Waals surface area contributed by atoms with Crippen LogP contribution in [0.1, 0.15) is 12.8 Å². The lowest BCUT2D eigenvalue weighted by Crippen LogP contribution is -2.37. The van der Waals surface area contributed by atoms with Crippen LogP contribution in [0.25, 0.3) is 0 Å². The lowest BCUT2D eigenvalue weighted by molar-refractivity contribution is 0.313. The largest absolute Gasteiger partial charge is 0.490 e. The average molecular weight is 266 g/mol. The van der Waals surface area contributed by atoms with Gasteiger partial charge in [0.1, 0.15) is 6.33 Å². The van der Waals surface area contributed by atoms with Gasteiger partial charge >= 0.3 is 0 Å². The molecule has 1 fully saturated rings. The van der Waals surface area contributed by atoms with E-state index in [1.165, 1.54) is 19.2 Å². The van der Waals surface area contributed by atoms with Crippen LogP contribution < -0.4 is 20.9 Å². The molecule has 3 N–H and O–H groups in total. The quantitative estimate of drug-likeness (QED) is 0.586. The number of anilines is 2. The third kappa shape index (κ3) is 2.87. The van der Waals surface area contributed by atoms with Crippen molar-refractivity contribution in [3.8, 4) is 5.75 Å². The number of likely N-dealkylation sites (tertiary alicyclic amines) is 1. The number of hydrogen-bond donors (Lipinski definition) is 2. The normalized spacial score (nSPS) is 19.5. The number of likely N-dealkylation sites (N-methyl/N-ethyl adjacent to an activating group) is 2. The molecule has 1 atom stereocenters. The minimum Gasteiger partial charge on any atom is -0.490 e. The molecule has 0 aromatic carbocycles. The first-order valence-electron chi connectivity index (χ1n) is 6.44. The van der Waals surface area contributed by atoms with E-state index in [2.05, 4.69) is 32.2 Å². The Morgan fingerprint density at radius 1 is 1.58 bits per heavy atom. The predicted octanol–water partition coefficient (Wildman–Crippen LogP) is 0.301. The van der Waals surface area contributed by atoms with E-state index in [0.717, 1.165) is 18.9 Å². The third-order valence-electron chi connectivity index (χ3n) is 3.64. The summed E-state index contributed by atoms with van der Waals surface area (Å²) < 4.78 is 5.36. The Hall–Kier alpha value is -1.60. The maximum Gasteiger partial charge on any atom is 0.205 e. The molecule has 2 rings (SSSR count). The predicted molar refractivity (Wildman–Crippen MR) is 75.3 cm³/mol. The van der Waals surface area contributed by atoms with Gasteiger partial charge in [-0.1, -0.05) is 0 Å². The molecule has 1 aromatic heterocycles. The fraction of sp³-hybridized carbons (Fsp3) is 0.667. The summed E-state index contributed by atoms with van der Waals surface area (Å²) in [7, 11) is 5.77. The minimum atomic E-state index is 0.499. The molecule has 1 saturated heterocycles. The highest BCUT2D eigenvalue weighted by atomic mass is 16.5. The standard InChI is InChI=1S/C12H22N6O/c1-17-6-4-5-9(17)7-18(2)12-10(19-3)11(16-13)14-8-15-12/h8-9H,4-7,13H2,1-3H3,(H,14,15,16). The number of hydrogen-bond acceptors (Lipinski definition) is 7. The van der Waals surface area contributed by atoms with Crippen LogP contribution in [0.5, 0.6) is 5.75 Å². The van der Waals surface area contributed by atoms with Crippen LogP contribution in [0.3, 0.4) is 0 Å². The molecule has 0 saturated carbocycles. The topological polar surface area (TPSA) is 79.5 Å². The molecule has 0 aliphatic carbocycles. The Bertz CT molecular complexity index is 427. The second-order valence-corrected chi connectivity index (χ2v) is 4.88. The number of nitrogen functional groups attached to an aromatic ring is 1. The third-order valence-corrected chi connectivity index (χ3v) is 3.64. The summed E-state index contributed by atoms with van der Waals surface area (Å²) in [4.78, 5) is 12.8. The van der Waals surface area contributed by atoms with Crippen molar-refractivity contribution in [3.63, 3.8) is 0 Å². The van der Waals surface area contributed by atoms with Crippen LogP contribution in [0.4, 0.5) is 11.6 Å². The van der Waals surface area contributed by atoms with Gasteiger partial charge < -0.3 is 20.0 Å². The van der Waals surface area contributed by atoms with E-state index in [1.807, 2.05) is 7.05 Å². The van der Waals surface area contributed by atoms with E-state index in [1.54, 1.807) is 7.11 Å². The van der Waals surface area contributed by atoms with E-state index in [4.69, 9.17) is 10.6 Å². The first-order valence-corrected chi connectivity index (χ1v) is 6.44. The first kappa shape index (κ1) is 13.8. The molecule has 106 valence electrons. The van der Waals surface area contributed by atoms with E-state index < -0.39 is 0 Å². The molecule has 0 spiro atoms. The Morgan fingerprint density at radius 2 is 2.37 bits per heavy atom. The van der Waals surface area contributed by atoms with Gasteiger partial charge in [0.05, 0.1) is 7.11 Å². The number of nitrogens with two attached hydrogens (primary N) is 1. The molecule has 1 aliphatic rings. The molecule has 7 nitrogen and oxygen atoms in total. The van der Waals surface area contributed by atoms with Crippen LogP contribution in [-0.2, 0) is 0 Å². The van der Waals surface area contributed by atoms with E-state index >= 15 is 0 Å². The van der Waals surface area contributed by atoms with Crippen molar-refractivity contribution in [1.29, 1.82) is 0 Å². The number of nitrogens with zero attached hydrogens (tertiary/aromatic N) is 4. The second kappa shape index (κ2) is 6.03. The summed E-state index contributed by atoms with van der Waals surface area (Å²) in [5, 5.41) is 0. The van der Waals surface area contributed by atoms with Gasteiger partial charge in [-0.25, -0.2) is 15.8 Å². The molecule has 0 bridgehead atoms. The molecular formula is C12H22N6O. The first-order chi connectivity index (χ1) is 9.17. The zero-order valence-corrected chi connectivity index (χ0v) is 11.8. The number of methoxy groups -OCH3 is 1. The van der Waals surface area contributed by atoms with Crippen molar-refractivity contribution in [2.75, 3.05) is 44.6 Å². The fourth-order valence-corrected chi connectivity index (χ4v) is 2.54. The Kier molecular flexibility index (Phi) is 4.39. The Morgan fingerprint density at radius 3 is 2.95 bits per heavy atom. The van der Waals surface area contributed by atoms with Crippen molar-refractivity contribution >= 4 is 11.6 Å². The van der Waals surface area contributed by atoms with Gasteiger partial charge in [-0.2, -0.15) is 0 Å². The van der Waals surface area contributed by atoms with Gasteiger partial charge in [-0.05, 0) is 26.4 Å². The van der Waals surface area contributed by atoms with Crippen LogP contribution in [0.15, 0.2) is 6.33 Å². The van der Waals surface area contributed by atoms with Crippen LogP contribution in [0.2, 0.25) is 0 Å². The number of rotatable bonds is 5. The maximum atomic E-state index is 5.43. The molecule has 2 heterocycles. The number of hydrazine groups is 1. The molecule has 19 heavy (non-hydrogen) atoms. The zero-order chi connectivity index (χ0) is 13.8. The highest BCUT2D eigenvalue weighted by molar-refractivity contribution is 5.64. The van der Waals surface area contributed by atoms with Gasteiger partial charge in [0.2, 0.25) is 5.75 Å². The van der Waals surface area contributed by atoms with Crippen LogP contribution in [0, 0.1) is 0 Å². The number of ether oxygens (including phenoxy) is 1. The van der Waals surface area contributed by atoms with Crippen molar-refractivity contribution in [3.05, 3.63) is 6.33 Å². The molecule has 1 aliphatic heterocycles. The lowest BCUT2D eigenvalue weighted by atomic mass is 10.2.